The van der Waals surface area contributed by atoms with Crippen molar-refractivity contribution in [2.24, 2.45) is 0 Å². The molecule has 0 aliphatic rings. The average Bonchev–Trinajstić information content (AvgIpc) is 2.08. The molecule has 0 bridgehead atoms. The highest BCUT2D eigenvalue weighted by Gasteiger charge is 2.27. The van der Waals surface area contributed by atoms with E-state index in [1.54, 1.807) is 0 Å². The van der Waals surface area contributed by atoms with E-state index in [0.29, 0.717) is 0 Å². The first-order chi connectivity index (χ1) is 6.45. The lowest BCUT2D eigenvalue weighted by atomic mass is 10.3. The van der Waals surface area contributed by atoms with Crippen molar-refractivity contribution in [3.63, 3.8) is 0 Å². The van der Waals surface area contributed by atoms with Gasteiger partial charge in [-0.1, -0.05) is 0 Å². The summed E-state index contributed by atoms with van der Waals surface area (Å²) in [6, 6.07) is 0. The zero-order valence-corrected chi connectivity index (χ0v) is 9.55. The Kier molecular flexibility index (Phi) is 3.48. The second-order valence-corrected chi connectivity index (χ2v) is 3.86. The highest BCUT2D eigenvalue weighted by atomic mass is 79.9. The van der Waals surface area contributed by atoms with Crippen LogP contribution in [0.15, 0.2) is 15.1 Å². The molecule has 0 aliphatic carbocycles. The fourth-order valence-electron chi connectivity index (χ4n) is 0.810. The summed E-state index contributed by atoms with van der Waals surface area (Å²) in [6.07, 6.45) is -1.86. The van der Waals surface area contributed by atoms with Gasteiger partial charge in [-0.25, -0.2) is 8.78 Å². The highest BCUT2D eigenvalue weighted by molar-refractivity contribution is 9.13. The molecule has 0 saturated carbocycles. The first-order valence-electron chi connectivity index (χ1n) is 3.21. The number of halogens is 4. The lowest BCUT2D eigenvalue weighted by Gasteiger charge is -2.04. The SMILES string of the molecule is O=[N+]([O-])c1ncc(Br)c(Br)c1C(F)F. The van der Waals surface area contributed by atoms with Crippen molar-refractivity contribution in [1.82, 2.24) is 4.98 Å². The van der Waals surface area contributed by atoms with Crippen LogP contribution in [0.3, 0.4) is 0 Å². The van der Waals surface area contributed by atoms with Crippen molar-refractivity contribution < 1.29 is 13.7 Å². The van der Waals surface area contributed by atoms with Crippen molar-refractivity contribution in [3.8, 4) is 0 Å². The van der Waals surface area contributed by atoms with E-state index in [4.69, 9.17) is 0 Å². The number of nitrogens with zero attached hydrogens (tertiary/aromatic N) is 2. The van der Waals surface area contributed by atoms with Crippen LogP contribution in [0.5, 0.6) is 0 Å². The zero-order valence-electron chi connectivity index (χ0n) is 6.38. The maximum absolute atomic E-state index is 12.4. The molecule has 0 fully saturated rings. The number of nitro groups is 1. The van der Waals surface area contributed by atoms with Gasteiger partial charge in [-0.05, 0) is 41.8 Å². The minimum absolute atomic E-state index is 0.0470. The van der Waals surface area contributed by atoms with E-state index < -0.39 is 22.7 Å². The average molecular weight is 332 g/mol. The quantitative estimate of drug-likeness (QED) is 0.616. The first kappa shape index (κ1) is 11.4. The van der Waals surface area contributed by atoms with Gasteiger partial charge in [0.1, 0.15) is 5.56 Å². The zero-order chi connectivity index (χ0) is 10.9. The minimum Gasteiger partial charge on any atom is -0.358 e. The topological polar surface area (TPSA) is 56.0 Å². The third-order valence-corrected chi connectivity index (χ3v) is 3.37. The molecule has 0 aliphatic heterocycles. The van der Waals surface area contributed by atoms with Gasteiger partial charge in [-0.3, -0.25) is 0 Å². The third-order valence-electron chi connectivity index (χ3n) is 1.38. The Morgan fingerprint density at radius 2 is 2.07 bits per heavy atom. The maximum atomic E-state index is 12.4. The molecule has 14 heavy (non-hydrogen) atoms. The Morgan fingerprint density at radius 1 is 1.50 bits per heavy atom. The van der Waals surface area contributed by atoms with Gasteiger partial charge >= 0.3 is 5.82 Å². The van der Waals surface area contributed by atoms with Crippen molar-refractivity contribution in [2.75, 3.05) is 0 Å². The van der Waals surface area contributed by atoms with E-state index in [2.05, 4.69) is 36.8 Å². The molecule has 0 N–H and O–H groups in total. The number of aromatic nitrogens is 1. The van der Waals surface area contributed by atoms with Crippen LogP contribution < -0.4 is 0 Å². The van der Waals surface area contributed by atoms with Gasteiger partial charge in [0.2, 0.25) is 0 Å². The number of alkyl halides is 2. The van der Waals surface area contributed by atoms with Crippen LogP contribution >= 0.6 is 31.9 Å². The lowest BCUT2D eigenvalue weighted by Crippen LogP contribution is -2.00. The second-order valence-electron chi connectivity index (χ2n) is 2.22. The van der Waals surface area contributed by atoms with Crippen LogP contribution in [-0.2, 0) is 0 Å². The first-order valence-corrected chi connectivity index (χ1v) is 4.80. The molecule has 0 aromatic carbocycles. The van der Waals surface area contributed by atoms with Gasteiger partial charge in [0.05, 0.1) is 8.95 Å². The molecular weight excluding hydrogens is 330 g/mol. The molecule has 0 saturated heterocycles. The maximum Gasteiger partial charge on any atom is 0.373 e. The van der Waals surface area contributed by atoms with Crippen LogP contribution in [-0.4, -0.2) is 9.91 Å². The molecule has 8 heteroatoms. The summed E-state index contributed by atoms with van der Waals surface area (Å²) >= 11 is 5.76. The summed E-state index contributed by atoms with van der Waals surface area (Å²) in [6.45, 7) is 0. The number of hydrogen-bond acceptors (Lipinski definition) is 3. The molecule has 1 aromatic rings. The fourth-order valence-corrected chi connectivity index (χ4v) is 1.58. The summed E-state index contributed by atoms with van der Waals surface area (Å²) in [5.74, 6) is -0.838. The smallest absolute Gasteiger partial charge is 0.358 e. The Balaban J connectivity index is 3.45. The molecule has 0 amide bonds. The van der Waals surface area contributed by atoms with E-state index in [1.807, 2.05) is 0 Å². The summed E-state index contributed by atoms with van der Waals surface area (Å²) in [4.78, 5) is 12.7. The molecular formula is C6H2Br2F2N2O2. The van der Waals surface area contributed by atoms with Crippen molar-refractivity contribution in [2.45, 2.75) is 6.43 Å². The van der Waals surface area contributed by atoms with Gasteiger partial charge in [-0.2, -0.15) is 0 Å². The monoisotopic (exact) mass is 330 g/mol. The van der Waals surface area contributed by atoms with Crippen LogP contribution in [0.4, 0.5) is 14.6 Å². The summed E-state index contributed by atoms with van der Waals surface area (Å²) in [5.41, 5.74) is -0.718. The van der Waals surface area contributed by atoms with E-state index in [9.17, 15) is 18.9 Å². The number of hydrogen-bond donors (Lipinski definition) is 0. The molecule has 0 atom stereocenters. The van der Waals surface area contributed by atoms with Crippen LogP contribution in [0.25, 0.3) is 0 Å². The molecule has 1 heterocycles. The third kappa shape index (κ3) is 2.06. The molecule has 76 valence electrons. The van der Waals surface area contributed by atoms with Crippen LogP contribution in [0, 0.1) is 10.1 Å². The highest BCUT2D eigenvalue weighted by Crippen LogP contribution is 2.37. The normalized spacial score (nSPS) is 10.6. The Bertz CT molecular complexity index is 386. The van der Waals surface area contributed by atoms with E-state index in [0.717, 1.165) is 6.20 Å². The molecule has 0 unspecified atom stereocenters. The molecule has 1 aromatic heterocycles. The van der Waals surface area contributed by atoms with Crippen molar-refractivity contribution >= 4 is 37.7 Å². The Hall–Kier alpha value is -0.630. The minimum atomic E-state index is -2.95. The standard InChI is InChI=1S/C6H2Br2F2N2O2/c7-2-1-11-6(12(13)14)3(4(2)8)5(9)10/h1,5H. The predicted octanol–water partition coefficient (Wildman–Crippen LogP) is 3.45. The van der Waals surface area contributed by atoms with Crippen molar-refractivity contribution in [1.29, 1.82) is 0 Å². The number of pyridine rings is 1. The van der Waals surface area contributed by atoms with E-state index in [1.165, 1.54) is 0 Å². The Labute approximate surface area is 93.7 Å². The molecule has 0 spiro atoms. The van der Waals surface area contributed by atoms with Gasteiger partial charge in [-0.15, -0.1) is 0 Å². The predicted molar refractivity (Wildman–Crippen MR) is 51.2 cm³/mol. The van der Waals surface area contributed by atoms with E-state index >= 15 is 0 Å². The summed E-state index contributed by atoms with van der Waals surface area (Å²) in [5, 5.41) is 10.4. The van der Waals surface area contributed by atoms with Gasteiger partial charge < -0.3 is 10.1 Å². The van der Waals surface area contributed by atoms with Crippen LogP contribution in [0.2, 0.25) is 0 Å². The van der Waals surface area contributed by atoms with Crippen LogP contribution in [0.1, 0.15) is 12.0 Å². The van der Waals surface area contributed by atoms with Gasteiger partial charge in [0.15, 0.2) is 6.20 Å². The summed E-state index contributed by atoms with van der Waals surface area (Å²) in [7, 11) is 0. The molecule has 1 rings (SSSR count). The summed E-state index contributed by atoms with van der Waals surface area (Å²) < 4.78 is 25.1. The molecule has 0 radical (unpaired) electrons. The van der Waals surface area contributed by atoms with Crippen molar-refractivity contribution in [3.05, 3.63) is 30.8 Å². The molecule has 4 nitrogen and oxygen atoms in total. The Morgan fingerprint density at radius 3 is 2.50 bits per heavy atom. The van der Waals surface area contributed by atoms with Gasteiger partial charge in [0.25, 0.3) is 6.43 Å². The number of rotatable bonds is 2. The fraction of sp³-hybridized carbons (Fsp3) is 0.167. The lowest BCUT2D eigenvalue weighted by molar-refractivity contribution is -0.391. The largest absolute Gasteiger partial charge is 0.373 e. The second kappa shape index (κ2) is 4.26. The van der Waals surface area contributed by atoms with E-state index in [-0.39, 0.29) is 8.95 Å². The van der Waals surface area contributed by atoms with Gasteiger partial charge in [0, 0.05) is 0 Å².